The van der Waals surface area contributed by atoms with Gasteiger partial charge in [-0.25, -0.2) is 0 Å². The van der Waals surface area contributed by atoms with Crippen molar-refractivity contribution in [2.24, 2.45) is 10.9 Å². The molecule has 0 aromatic carbocycles. The first kappa shape index (κ1) is 22.5. The molecule has 1 saturated carbocycles. The number of hydrogen-bond acceptors (Lipinski definition) is 2. The van der Waals surface area contributed by atoms with E-state index in [-0.39, 0.29) is 29.9 Å². The highest BCUT2D eigenvalue weighted by atomic mass is 127. The second-order valence-electron chi connectivity index (χ2n) is 6.72. The Kier molecular flexibility index (Phi) is 12.5. The fourth-order valence-corrected chi connectivity index (χ4v) is 2.17. The molecule has 1 aliphatic rings. The van der Waals surface area contributed by atoms with Crippen LogP contribution in [0.3, 0.4) is 0 Å². The lowest BCUT2D eigenvalue weighted by Gasteiger charge is -2.18. The summed E-state index contributed by atoms with van der Waals surface area (Å²) in [7, 11) is 0. The molecule has 5 nitrogen and oxygen atoms in total. The Morgan fingerprint density at radius 2 is 1.91 bits per heavy atom. The summed E-state index contributed by atoms with van der Waals surface area (Å²) in [6.07, 6.45) is 6.03. The summed E-state index contributed by atoms with van der Waals surface area (Å²) >= 11 is 0. The Hall–Kier alpha value is -0.530. The Balaban J connectivity index is 0.00000484. The first-order valence-electron chi connectivity index (χ1n) is 8.85. The predicted octanol–water partition coefficient (Wildman–Crippen LogP) is 3.04. The minimum absolute atomic E-state index is 0. The Morgan fingerprint density at radius 1 is 1.22 bits per heavy atom. The molecular weight excluding hydrogens is 403 g/mol. The number of nitrogens with zero attached hydrogens (tertiary/aromatic N) is 1. The third-order valence-corrected chi connectivity index (χ3v) is 3.68. The average Bonchev–Trinajstić information content (AvgIpc) is 3.25. The molecule has 1 fully saturated rings. The third kappa shape index (κ3) is 12.5. The minimum Gasteiger partial charge on any atom is -0.357 e. The van der Waals surface area contributed by atoms with Crippen molar-refractivity contribution in [2.75, 3.05) is 13.1 Å². The standard InChI is InChI=1S/C17H34N4O.HI/c1-5-18-17(20-14(4)9-8-13(2)3)19-12-6-7-16(22)21-15-10-11-15;/h13-15H,5-12H2,1-4H3,(H,21,22)(H2,18,19,20);1H. The second kappa shape index (κ2) is 12.8. The lowest BCUT2D eigenvalue weighted by Crippen LogP contribution is -2.42. The number of nitrogens with one attached hydrogen (secondary N) is 3. The Labute approximate surface area is 158 Å². The van der Waals surface area contributed by atoms with Crippen LogP contribution in [0.5, 0.6) is 0 Å². The summed E-state index contributed by atoms with van der Waals surface area (Å²) in [5.41, 5.74) is 0. The van der Waals surface area contributed by atoms with Crippen molar-refractivity contribution in [3.05, 3.63) is 0 Å². The summed E-state index contributed by atoms with van der Waals surface area (Å²) in [5, 5.41) is 9.72. The van der Waals surface area contributed by atoms with Crippen molar-refractivity contribution < 1.29 is 4.79 Å². The predicted molar refractivity (Wildman–Crippen MR) is 108 cm³/mol. The fraction of sp³-hybridized carbons (Fsp3) is 0.882. The van der Waals surface area contributed by atoms with E-state index in [1.807, 2.05) is 0 Å². The monoisotopic (exact) mass is 438 g/mol. The zero-order chi connectivity index (χ0) is 16.4. The van der Waals surface area contributed by atoms with Crippen molar-refractivity contribution in [1.29, 1.82) is 0 Å². The highest BCUT2D eigenvalue weighted by molar-refractivity contribution is 14.0. The molecule has 0 bridgehead atoms. The van der Waals surface area contributed by atoms with E-state index in [2.05, 4.69) is 48.6 Å². The van der Waals surface area contributed by atoms with Crippen LogP contribution in [0.4, 0.5) is 0 Å². The topological polar surface area (TPSA) is 65.5 Å². The van der Waals surface area contributed by atoms with E-state index in [0.717, 1.165) is 44.1 Å². The smallest absolute Gasteiger partial charge is 0.220 e. The molecule has 1 rings (SSSR count). The number of halogens is 1. The summed E-state index contributed by atoms with van der Waals surface area (Å²) in [4.78, 5) is 16.2. The molecule has 0 spiro atoms. The number of rotatable bonds is 10. The van der Waals surface area contributed by atoms with Gasteiger partial charge in [0.05, 0.1) is 0 Å². The zero-order valence-corrected chi connectivity index (χ0v) is 17.5. The van der Waals surface area contributed by atoms with Gasteiger partial charge in [-0.1, -0.05) is 13.8 Å². The van der Waals surface area contributed by atoms with Crippen molar-refractivity contribution in [3.8, 4) is 0 Å². The summed E-state index contributed by atoms with van der Waals surface area (Å²) in [6, 6.07) is 0.871. The van der Waals surface area contributed by atoms with Crippen LogP contribution in [0, 0.1) is 5.92 Å². The van der Waals surface area contributed by atoms with Crippen molar-refractivity contribution in [1.82, 2.24) is 16.0 Å². The maximum Gasteiger partial charge on any atom is 0.220 e. The van der Waals surface area contributed by atoms with E-state index in [1.165, 1.54) is 6.42 Å². The van der Waals surface area contributed by atoms with Crippen LogP contribution in [0.2, 0.25) is 0 Å². The fourth-order valence-electron chi connectivity index (χ4n) is 2.17. The van der Waals surface area contributed by atoms with Gasteiger partial charge in [-0.2, -0.15) is 0 Å². The minimum atomic E-state index is 0. The zero-order valence-electron chi connectivity index (χ0n) is 15.2. The normalized spacial score (nSPS) is 15.8. The number of carbonyl (C=O) groups is 1. The first-order chi connectivity index (χ1) is 10.5. The van der Waals surface area contributed by atoms with E-state index in [9.17, 15) is 4.79 Å². The van der Waals surface area contributed by atoms with Gasteiger partial charge in [0.15, 0.2) is 5.96 Å². The lowest BCUT2D eigenvalue weighted by atomic mass is 10.0. The number of amides is 1. The van der Waals surface area contributed by atoms with Crippen LogP contribution in [0.1, 0.15) is 66.2 Å². The van der Waals surface area contributed by atoms with Gasteiger partial charge in [-0.3, -0.25) is 9.79 Å². The molecule has 136 valence electrons. The van der Waals surface area contributed by atoms with Crippen LogP contribution in [-0.4, -0.2) is 37.0 Å². The van der Waals surface area contributed by atoms with E-state index in [4.69, 9.17) is 0 Å². The first-order valence-corrected chi connectivity index (χ1v) is 8.85. The number of carbonyl (C=O) groups excluding carboxylic acids is 1. The van der Waals surface area contributed by atoms with Gasteiger partial charge >= 0.3 is 0 Å². The molecule has 23 heavy (non-hydrogen) atoms. The average molecular weight is 438 g/mol. The largest absolute Gasteiger partial charge is 0.357 e. The maximum atomic E-state index is 11.6. The van der Waals surface area contributed by atoms with Gasteiger partial charge in [0.2, 0.25) is 5.91 Å². The molecular formula is C17H35IN4O. The Morgan fingerprint density at radius 3 is 2.48 bits per heavy atom. The van der Waals surface area contributed by atoms with E-state index >= 15 is 0 Å². The van der Waals surface area contributed by atoms with Gasteiger partial charge in [0.1, 0.15) is 0 Å². The molecule has 3 N–H and O–H groups in total. The van der Waals surface area contributed by atoms with Gasteiger partial charge in [-0.15, -0.1) is 24.0 Å². The molecule has 1 aliphatic carbocycles. The van der Waals surface area contributed by atoms with E-state index in [1.54, 1.807) is 0 Å². The Bertz CT molecular complexity index is 357. The molecule has 0 heterocycles. The SMILES string of the molecule is CCNC(=NCCCC(=O)NC1CC1)NC(C)CCC(C)C.I. The van der Waals surface area contributed by atoms with Crippen LogP contribution < -0.4 is 16.0 Å². The molecule has 1 unspecified atom stereocenters. The van der Waals surface area contributed by atoms with Gasteiger partial charge < -0.3 is 16.0 Å². The van der Waals surface area contributed by atoms with Gasteiger partial charge in [-0.05, 0) is 51.9 Å². The summed E-state index contributed by atoms with van der Waals surface area (Å²) in [5.74, 6) is 1.76. The van der Waals surface area contributed by atoms with Crippen molar-refractivity contribution >= 4 is 35.8 Å². The molecule has 0 aromatic rings. The second-order valence-corrected chi connectivity index (χ2v) is 6.72. The number of hydrogen-bond donors (Lipinski definition) is 3. The maximum absolute atomic E-state index is 11.6. The molecule has 1 atom stereocenters. The highest BCUT2D eigenvalue weighted by Crippen LogP contribution is 2.18. The van der Waals surface area contributed by atoms with Gasteiger partial charge in [0, 0.05) is 31.6 Å². The summed E-state index contributed by atoms with van der Waals surface area (Å²) in [6.45, 7) is 10.3. The van der Waals surface area contributed by atoms with Gasteiger partial charge in [0.25, 0.3) is 0 Å². The lowest BCUT2D eigenvalue weighted by molar-refractivity contribution is -0.121. The number of aliphatic imine (C=N–C) groups is 1. The molecule has 0 radical (unpaired) electrons. The quantitative estimate of drug-likeness (QED) is 0.213. The van der Waals surface area contributed by atoms with Crippen molar-refractivity contribution in [3.63, 3.8) is 0 Å². The highest BCUT2D eigenvalue weighted by Gasteiger charge is 2.22. The molecule has 6 heteroatoms. The van der Waals surface area contributed by atoms with Crippen LogP contribution in [-0.2, 0) is 4.79 Å². The van der Waals surface area contributed by atoms with Crippen LogP contribution >= 0.6 is 24.0 Å². The van der Waals surface area contributed by atoms with E-state index in [0.29, 0.717) is 25.0 Å². The van der Waals surface area contributed by atoms with E-state index < -0.39 is 0 Å². The molecule has 0 saturated heterocycles. The molecule has 0 aliphatic heterocycles. The van der Waals surface area contributed by atoms with Crippen LogP contribution in [0.25, 0.3) is 0 Å². The summed E-state index contributed by atoms with van der Waals surface area (Å²) < 4.78 is 0. The molecule has 1 amide bonds. The third-order valence-electron chi connectivity index (χ3n) is 3.68. The molecule has 0 aromatic heterocycles. The van der Waals surface area contributed by atoms with Crippen molar-refractivity contribution in [2.45, 2.75) is 78.3 Å². The van der Waals surface area contributed by atoms with Crippen LogP contribution in [0.15, 0.2) is 4.99 Å². The number of guanidine groups is 1.